The van der Waals surface area contributed by atoms with Crippen molar-refractivity contribution in [3.05, 3.63) is 17.3 Å². The van der Waals surface area contributed by atoms with Crippen molar-refractivity contribution in [3.63, 3.8) is 0 Å². The van der Waals surface area contributed by atoms with Crippen LogP contribution in [-0.4, -0.2) is 34.1 Å². The van der Waals surface area contributed by atoms with Crippen molar-refractivity contribution in [1.29, 1.82) is 0 Å². The van der Waals surface area contributed by atoms with Gasteiger partial charge in [0.2, 0.25) is 12.4 Å². The van der Waals surface area contributed by atoms with Gasteiger partial charge in [0.05, 0.1) is 0 Å². The zero-order valence-electron chi connectivity index (χ0n) is 10.0. The van der Waals surface area contributed by atoms with E-state index < -0.39 is 0 Å². The first-order valence-corrected chi connectivity index (χ1v) is 6.10. The number of nitrogen functional groups attached to an aromatic ring is 1. The fourth-order valence-electron chi connectivity index (χ4n) is 1.93. The number of hydrogen-bond acceptors (Lipinski definition) is 6. The second-order valence-electron chi connectivity index (χ2n) is 4.17. The van der Waals surface area contributed by atoms with Crippen LogP contribution in [-0.2, 0) is 4.79 Å². The number of amides is 1. The Labute approximate surface area is 114 Å². The highest BCUT2D eigenvalue weighted by Gasteiger charge is 2.20. The first-order chi connectivity index (χ1) is 9.13. The minimum atomic E-state index is -0.00489. The Balaban J connectivity index is 2.19. The van der Waals surface area contributed by atoms with Gasteiger partial charge >= 0.3 is 0 Å². The maximum Gasteiger partial charge on any atom is 0.223 e. The summed E-state index contributed by atoms with van der Waals surface area (Å²) in [6.07, 6.45) is 5.08. The van der Waals surface area contributed by atoms with E-state index in [9.17, 15) is 4.79 Å². The van der Waals surface area contributed by atoms with E-state index in [-0.39, 0.29) is 35.4 Å². The van der Waals surface area contributed by atoms with Crippen LogP contribution in [0.15, 0.2) is 12.2 Å². The first kappa shape index (κ1) is 13.6. The zero-order valence-corrected chi connectivity index (χ0v) is 10.8. The van der Waals surface area contributed by atoms with Crippen molar-refractivity contribution in [2.45, 2.75) is 12.5 Å². The predicted octanol–water partition coefficient (Wildman–Crippen LogP) is 0.629. The van der Waals surface area contributed by atoms with E-state index >= 15 is 0 Å². The maximum absolute atomic E-state index is 10.6. The van der Waals surface area contributed by atoms with Gasteiger partial charge in [-0.3, -0.25) is 4.79 Å². The fraction of sp³-hybridized carbons (Fsp3) is 0.364. The third kappa shape index (κ3) is 3.12. The third-order valence-electron chi connectivity index (χ3n) is 2.81. The molecule has 1 aliphatic carbocycles. The molecule has 102 valence electrons. The average molecular weight is 284 g/mol. The molecule has 5 N–H and O–H groups in total. The lowest BCUT2D eigenvalue weighted by atomic mass is 10.1. The molecule has 0 fully saturated rings. The second-order valence-corrected chi connectivity index (χ2v) is 4.53. The van der Waals surface area contributed by atoms with Crippen molar-refractivity contribution in [1.82, 2.24) is 9.97 Å². The van der Waals surface area contributed by atoms with Crippen LogP contribution in [0, 0.1) is 5.92 Å². The molecule has 0 bridgehead atoms. The molecule has 1 aliphatic rings. The lowest BCUT2D eigenvalue weighted by Crippen LogP contribution is -2.19. The molecule has 0 saturated heterocycles. The SMILES string of the molecule is Nc1nc(Cl)c(NC=O)c(N[C@@H]2C=C[C@H](CO)C2)n1. The van der Waals surface area contributed by atoms with Crippen molar-refractivity contribution in [3.8, 4) is 0 Å². The van der Waals surface area contributed by atoms with Crippen molar-refractivity contribution in [2.75, 3.05) is 23.0 Å². The molecule has 1 amide bonds. The number of rotatable bonds is 5. The van der Waals surface area contributed by atoms with Gasteiger partial charge in [-0.15, -0.1) is 0 Å². The molecule has 19 heavy (non-hydrogen) atoms. The van der Waals surface area contributed by atoms with Gasteiger partial charge in [-0.25, -0.2) is 0 Å². The van der Waals surface area contributed by atoms with Crippen LogP contribution in [0.1, 0.15) is 6.42 Å². The molecule has 8 heteroatoms. The van der Waals surface area contributed by atoms with Crippen LogP contribution in [0.25, 0.3) is 0 Å². The molecule has 0 aromatic carbocycles. The number of carbonyl (C=O) groups is 1. The number of nitrogens with one attached hydrogen (secondary N) is 2. The lowest BCUT2D eigenvalue weighted by molar-refractivity contribution is -0.105. The molecular formula is C11H14ClN5O2. The molecule has 2 rings (SSSR count). The Kier molecular flexibility index (Phi) is 4.18. The van der Waals surface area contributed by atoms with Crippen LogP contribution >= 0.6 is 11.6 Å². The lowest BCUT2D eigenvalue weighted by Gasteiger charge is -2.16. The van der Waals surface area contributed by atoms with E-state index in [2.05, 4.69) is 20.6 Å². The molecule has 0 unspecified atom stereocenters. The van der Waals surface area contributed by atoms with Gasteiger partial charge in [-0.05, 0) is 6.42 Å². The molecule has 0 radical (unpaired) electrons. The van der Waals surface area contributed by atoms with Crippen LogP contribution in [0.4, 0.5) is 17.5 Å². The largest absolute Gasteiger partial charge is 0.396 e. The standard InChI is InChI=1S/C11H14ClN5O2/c12-9-8(14-5-19)10(17-11(13)16-9)15-7-2-1-6(3-7)4-18/h1-2,5-7,18H,3-4H2,(H,14,19)(H3,13,15,16,17)/t6-,7+/m0/s1. The summed E-state index contributed by atoms with van der Waals surface area (Å²) in [6, 6.07) is -0.00489. The van der Waals surface area contributed by atoms with Crippen molar-refractivity contribution in [2.24, 2.45) is 5.92 Å². The van der Waals surface area contributed by atoms with E-state index in [1.807, 2.05) is 12.2 Å². The number of nitrogens with zero attached hydrogens (tertiary/aromatic N) is 2. The number of hydrogen-bond donors (Lipinski definition) is 4. The normalized spacial score (nSPS) is 21.4. The zero-order chi connectivity index (χ0) is 13.8. The van der Waals surface area contributed by atoms with Crippen LogP contribution < -0.4 is 16.4 Å². The molecule has 0 saturated carbocycles. The third-order valence-corrected chi connectivity index (χ3v) is 3.09. The Morgan fingerprint density at radius 1 is 1.53 bits per heavy atom. The molecule has 2 atom stereocenters. The summed E-state index contributed by atoms with van der Waals surface area (Å²) < 4.78 is 0. The van der Waals surface area contributed by atoms with E-state index in [1.165, 1.54) is 0 Å². The number of aliphatic hydroxyl groups is 1. The number of anilines is 3. The Morgan fingerprint density at radius 2 is 2.32 bits per heavy atom. The summed E-state index contributed by atoms with van der Waals surface area (Å²) in [7, 11) is 0. The van der Waals surface area contributed by atoms with E-state index in [4.69, 9.17) is 22.4 Å². The average Bonchev–Trinajstić information content (AvgIpc) is 2.81. The molecule has 1 aromatic heterocycles. The first-order valence-electron chi connectivity index (χ1n) is 5.73. The molecule has 0 aliphatic heterocycles. The molecule has 7 nitrogen and oxygen atoms in total. The molecular weight excluding hydrogens is 270 g/mol. The highest BCUT2D eigenvalue weighted by Crippen LogP contribution is 2.30. The van der Waals surface area contributed by atoms with E-state index in [1.54, 1.807) is 0 Å². The van der Waals surface area contributed by atoms with Crippen LogP contribution in [0.5, 0.6) is 0 Å². The van der Waals surface area contributed by atoms with E-state index in [0.29, 0.717) is 12.2 Å². The highest BCUT2D eigenvalue weighted by molar-refractivity contribution is 6.33. The summed E-state index contributed by atoms with van der Waals surface area (Å²) in [5.74, 6) is 0.497. The molecule has 1 aromatic rings. The van der Waals surface area contributed by atoms with Gasteiger partial charge in [0.1, 0.15) is 5.69 Å². The van der Waals surface area contributed by atoms with Crippen molar-refractivity contribution >= 4 is 35.5 Å². The highest BCUT2D eigenvalue weighted by atomic mass is 35.5. The number of carbonyl (C=O) groups excluding carboxylic acids is 1. The molecule has 0 spiro atoms. The summed E-state index contributed by atoms with van der Waals surface area (Å²) in [5.41, 5.74) is 5.82. The summed E-state index contributed by atoms with van der Waals surface area (Å²) in [4.78, 5) is 18.4. The number of halogens is 1. The minimum Gasteiger partial charge on any atom is -0.396 e. The Morgan fingerprint density at radius 3 is 2.95 bits per heavy atom. The summed E-state index contributed by atoms with van der Waals surface area (Å²) in [5, 5.41) is 14.7. The number of aliphatic hydroxyl groups excluding tert-OH is 1. The maximum atomic E-state index is 10.6. The molecule has 1 heterocycles. The number of nitrogens with two attached hydrogens (primary N) is 1. The predicted molar refractivity (Wildman–Crippen MR) is 72.9 cm³/mol. The van der Waals surface area contributed by atoms with Crippen LogP contribution in [0.2, 0.25) is 5.15 Å². The second kappa shape index (κ2) is 5.85. The quantitative estimate of drug-likeness (QED) is 0.358. The minimum absolute atomic E-state index is 0.00489. The topological polar surface area (TPSA) is 113 Å². The van der Waals surface area contributed by atoms with Crippen molar-refractivity contribution < 1.29 is 9.90 Å². The number of aromatic nitrogens is 2. The summed E-state index contributed by atoms with van der Waals surface area (Å²) >= 11 is 5.90. The monoisotopic (exact) mass is 283 g/mol. The fourth-order valence-corrected chi connectivity index (χ4v) is 2.16. The van der Waals surface area contributed by atoms with Gasteiger partial charge < -0.3 is 21.5 Å². The Bertz CT molecular complexity index is 508. The van der Waals surface area contributed by atoms with Gasteiger partial charge in [0, 0.05) is 18.6 Å². The van der Waals surface area contributed by atoms with Gasteiger partial charge in [-0.1, -0.05) is 23.8 Å². The van der Waals surface area contributed by atoms with Crippen LogP contribution in [0.3, 0.4) is 0 Å². The van der Waals surface area contributed by atoms with Gasteiger partial charge in [0.25, 0.3) is 0 Å². The van der Waals surface area contributed by atoms with Gasteiger partial charge in [0.15, 0.2) is 11.0 Å². The van der Waals surface area contributed by atoms with E-state index in [0.717, 1.165) is 6.42 Å². The smallest absolute Gasteiger partial charge is 0.223 e. The summed E-state index contributed by atoms with van der Waals surface area (Å²) in [6.45, 7) is 0.0980. The Hall–Kier alpha value is -1.86. The van der Waals surface area contributed by atoms with Gasteiger partial charge in [-0.2, -0.15) is 9.97 Å².